The average molecular weight is 302 g/mol. The molecule has 0 spiro atoms. The van der Waals surface area contributed by atoms with Crippen molar-refractivity contribution in [2.24, 2.45) is 0 Å². The number of anilines is 2. The van der Waals surface area contributed by atoms with E-state index in [1.165, 1.54) is 12.1 Å². The van der Waals surface area contributed by atoms with E-state index >= 15 is 0 Å². The number of nitrogens with zero attached hydrogens (tertiary/aromatic N) is 3. The van der Waals surface area contributed by atoms with Gasteiger partial charge < -0.3 is 10.2 Å². The summed E-state index contributed by atoms with van der Waals surface area (Å²) in [5.74, 6) is -0.445. The van der Waals surface area contributed by atoms with Crippen LogP contribution in [0.4, 0.5) is 15.8 Å². The van der Waals surface area contributed by atoms with Crippen molar-refractivity contribution in [1.29, 1.82) is 0 Å². The van der Waals surface area contributed by atoms with E-state index in [0.29, 0.717) is 25.2 Å². The maximum atomic E-state index is 13.4. The molecule has 0 bridgehead atoms. The summed E-state index contributed by atoms with van der Waals surface area (Å²) in [7, 11) is 0. The number of hydrogen-bond donors (Lipinski definition) is 1. The standard InChI is InChI=1S/C16H19FN4O/c1-2-7-21-9-5-13(19-21)11-20-8-6-16(22)18-14-10-12(17)3-4-15(14)20/h3-5,9-10H,2,6-8,11H2,1H3,(H,18,22). The maximum absolute atomic E-state index is 13.4. The third-order valence-electron chi connectivity index (χ3n) is 3.68. The van der Waals surface area contributed by atoms with E-state index in [4.69, 9.17) is 0 Å². The maximum Gasteiger partial charge on any atom is 0.226 e. The molecule has 0 unspecified atom stereocenters. The molecule has 1 aromatic carbocycles. The van der Waals surface area contributed by atoms with Crippen molar-refractivity contribution >= 4 is 17.3 Å². The first-order chi connectivity index (χ1) is 10.7. The zero-order valence-corrected chi connectivity index (χ0v) is 12.6. The van der Waals surface area contributed by atoms with Crippen molar-refractivity contribution in [3.63, 3.8) is 0 Å². The Morgan fingerprint density at radius 3 is 3.05 bits per heavy atom. The van der Waals surface area contributed by atoms with Crippen molar-refractivity contribution in [1.82, 2.24) is 9.78 Å². The number of carbonyl (C=O) groups excluding carboxylic acids is 1. The number of carbonyl (C=O) groups is 1. The predicted molar refractivity (Wildman–Crippen MR) is 83.2 cm³/mol. The summed E-state index contributed by atoms with van der Waals surface area (Å²) in [6.07, 6.45) is 3.38. The van der Waals surface area contributed by atoms with Crippen LogP contribution in [0, 0.1) is 5.82 Å². The molecule has 1 N–H and O–H groups in total. The molecule has 2 aromatic rings. The van der Waals surface area contributed by atoms with E-state index in [-0.39, 0.29) is 11.7 Å². The lowest BCUT2D eigenvalue weighted by atomic mass is 10.2. The van der Waals surface area contributed by atoms with Gasteiger partial charge in [0, 0.05) is 25.7 Å². The Bertz CT molecular complexity index is 683. The quantitative estimate of drug-likeness (QED) is 0.945. The SMILES string of the molecule is CCCn1ccc(CN2CCC(=O)Nc3cc(F)ccc32)n1. The van der Waals surface area contributed by atoms with Crippen LogP contribution < -0.4 is 10.2 Å². The summed E-state index contributed by atoms with van der Waals surface area (Å²) in [6, 6.07) is 6.47. The van der Waals surface area contributed by atoms with Gasteiger partial charge in [0.2, 0.25) is 5.91 Å². The summed E-state index contributed by atoms with van der Waals surface area (Å²) < 4.78 is 15.3. The van der Waals surface area contributed by atoms with Crippen LogP contribution >= 0.6 is 0 Å². The fraction of sp³-hybridized carbons (Fsp3) is 0.375. The largest absolute Gasteiger partial charge is 0.363 e. The van der Waals surface area contributed by atoms with Crippen LogP contribution in [-0.2, 0) is 17.9 Å². The Kier molecular flexibility index (Phi) is 4.09. The lowest BCUT2D eigenvalue weighted by Gasteiger charge is -2.23. The molecule has 116 valence electrons. The summed E-state index contributed by atoms with van der Waals surface area (Å²) in [6.45, 7) is 4.19. The molecule has 22 heavy (non-hydrogen) atoms. The van der Waals surface area contributed by atoms with Gasteiger partial charge in [-0.05, 0) is 30.7 Å². The first-order valence-corrected chi connectivity index (χ1v) is 7.52. The molecule has 1 aliphatic rings. The zero-order chi connectivity index (χ0) is 15.5. The van der Waals surface area contributed by atoms with Crippen molar-refractivity contribution in [3.05, 3.63) is 42.0 Å². The molecular weight excluding hydrogens is 283 g/mol. The van der Waals surface area contributed by atoms with Gasteiger partial charge in [-0.2, -0.15) is 5.10 Å². The number of hydrogen-bond acceptors (Lipinski definition) is 3. The van der Waals surface area contributed by atoms with Gasteiger partial charge in [-0.3, -0.25) is 9.48 Å². The topological polar surface area (TPSA) is 50.2 Å². The van der Waals surface area contributed by atoms with Crippen molar-refractivity contribution in [2.45, 2.75) is 32.9 Å². The predicted octanol–water partition coefficient (Wildman–Crippen LogP) is 2.78. The summed E-state index contributed by atoms with van der Waals surface area (Å²) in [5.41, 5.74) is 2.30. The monoisotopic (exact) mass is 302 g/mol. The highest BCUT2D eigenvalue weighted by molar-refractivity contribution is 5.96. The minimum Gasteiger partial charge on any atom is -0.363 e. The number of aryl methyl sites for hydroxylation is 1. The fourth-order valence-electron chi connectivity index (χ4n) is 2.66. The van der Waals surface area contributed by atoms with Crippen LogP contribution in [0.15, 0.2) is 30.5 Å². The van der Waals surface area contributed by atoms with Crippen molar-refractivity contribution in [2.75, 3.05) is 16.8 Å². The highest BCUT2D eigenvalue weighted by Gasteiger charge is 2.20. The molecule has 0 fully saturated rings. The minimum absolute atomic E-state index is 0.0918. The second-order valence-corrected chi connectivity index (χ2v) is 5.45. The average Bonchev–Trinajstić information content (AvgIpc) is 2.85. The molecule has 0 atom stereocenters. The first kappa shape index (κ1) is 14.6. The molecular formula is C16H19FN4O. The van der Waals surface area contributed by atoms with Gasteiger partial charge in [0.25, 0.3) is 0 Å². The highest BCUT2D eigenvalue weighted by Crippen LogP contribution is 2.30. The third kappa shape index (κ3) is 3.10. The molecule has 6 heteroatoms. The third-order valence-corrected chi connectivity index (χ3v) is 3.68. The van der Waals surface area contributed by atoms with E-state index in [2.05, 4.69) is 22.2 Å². The number of halogens is 1. The number of benzene rings is 1. The van der Waals surface area contributed by atoms with Gasteiger partial charge in [0.1, 0.15) is 5.82 Å². The molecule has 0 radical (unpaired) electrons. The number of aromatic nitrogens is 2. The second-order valence-electron chi connectivity index (χ2n) is 5.45. The second kappa shape index (κ2) is 6.17. The molecule has 0 aliphatic carbocycles. The van der Waals surface area contributed by atoms with Gasteiger partial charge >= 0.3 is 0 Å². The zero-order valence-electron chi connectivity index (χ0n) is 12.6. The molecule has 5 nitrogen and oxygen atoms in total. The summed E-state index contributed by atoms with van der Waals surface area (Å²) in [4.78, 5) is 13.8. The molecule has 3 rings (SSSR count). The van der Waals surface area contributed by atoms with Gasteiger partial charge in [-0.15, -0.1) is 0 Å². The fourth-order valence-corrected chi connectivity index (χ4v) is 2.66. The Labute approximate surface area is 128 Å². The summed E-state index contributed by atoms with van der Waals surface area (Å²) in [5, 5.41) is 7.29. The van der Waals surface area contributed by atoms with E-state index in [0.717, 1.165) is 24.3 Å². The van der Waals surface area contributed by atoms with Crippen molar-refractivity contribution < 1.29 is 9.18 Å². The number of amides is 1. The van der Waals surface area contributed by atoms with E-state index < -0.39 is 0 Å². The molecule has 0 saturated heterocycles. The molecule has 1 amide bonds. The minimum atomic E-state index is -0.354. The Hall–Kier alpha value is -2.37. The van der Waals surface area contributed by atoms with Crippen molar-refractivity contribution in [3.8, 4) is 0 Å². The Balaban J connectivity index is 1.85. The van der Waals surface area contributed by atoms with E-state index in [1.807, 2.05) is 16.9 Å². The molecule has 0 saturated carbocycles. The first-order valence-electron chi connectivity index (χ1n) is 7.52. The van der Waals surface area contributed by atoms with E-state index in [1.54, 1.807) is 6.07 Å². The molecule has 2 heterocycles. The normalized spacial score (nSPS) is 14.5. The van der Waals surface area contributed by atoms with Crippen LogP contribution in [0.1, 0.15) is 25.5 Å². The van der Waals surface area contributed by atoms with Crippen LogP contribution in [-0.4, -0.2) is 22.2 Å². The lowest BCUT2D eigenvalue weighted by molar-refractivity contribution is -0.115. The Morgan fingerprint density at radius 1 is 1.36 bits per heavy atom. The Morgan fingerprint density at radius 2 is 2.23 bits per heavy atom. The van der Waals surface area contributed by atoms with Crippen LogP contribution in [0.25, 0.3) is 0 Å². The number of nitrogens with one attached hydrogen (secondary N) is 1. The highest BCUT2D eigenvalue weighted by atomic mass is 19.1. The van der Waals surface area contributed by atoms with Crippen LogP contribution in [0.5, 0.6) is 0 Å². The number of fused-ring (bicyclic) bond motifs is 1. The molecule has 1 aliphatic heterocycles. The van der Waals surface area contributed by atoms with Gasteiger partial charge in [-0.1, -0.05) is 6.92 Å². The van der Waals surface area contributed by atoms with Gasteiger partial charge in [0.05, 0.1) is 23.6 Å². The van der Waals surface area contributed by atoms with Gasteiger partial charge in [-0.25, -0.2) is 4.39 Å². The number of rotatable bonds is 4. The smallest absolute Gasteiger partial charge is 0.226 e. The lowest BCUT2D eigenvalue weighted by Crippen LogP contribution is -2.24. The van der Waals surface area contributed by atoms with Crippen LogP contribution in [0.3, 0.4) is 0 Å². The van der Waals surface area contributed by atoms with Crippen LogP contribution in [0.2, 0.25) is 0 Å². The van der Waals surface area contributed by atoms with Gasteiger partial charge in [0.15, 0.2) is 0 Å². The molecule has 1 aromatic heterocycles. The summed E-state index contributed by atoms with van der Waals surface area (Å²) >= 11 is 0. The van der Waals surface area contributed by atoms with E-state index in [9.17, 15) is 9.18 Å².